The number of carbonyl (C=O) groups is 3. The van der Waals surface area contributed by atoms with Crippen LogP contribution in [0.15, 0.2) is 41.3 Å². The van der Waals surface area contributed by atoms with Crippen molar-refractivity contribution < 1.29 is 27.8 Å². The number of alkyl halides is 1. The molecule has 4 aromatic rings. The standard InChI is InChI=1S/C21H17F2N9O4/c22-12-6-15(21(35)27-20-18(23)29-36-30-20)31(8-12)16(33)9-32-14-2-1-10(11-3-4-25-26-7-11)5-13(14)17(28-32)19(24)34/h1-5,7,12,15H,6,8-9H2,(H2,24,34)(H,27,30,35). The summed E-state index contributed by atoms with van der Waals surface area (Å²) in [4.78, 5) is 38.8. The van der Waals surface area contributed by atoms with Gasteiger partial charge >= 0.3 is 0 Å². The number of benzene rings is 1. The fraction of sp³-hybridized carbons (Fsp3) is 0.238. The van der Waals surface area contributed by atoms with E-state index >= 15 is 0 Å². The maximum atomic E-state index is 14.2. The van der Waals surface area contributed by atoms with E-state index in [0.29, 0.717) is 10.9 Å². The monoisotopic (exact) mass is 497 g/mol. The number of hydrogen-bond donors (Lipinski definition) is 2. The Morgan fingerprint density at radius 1 is 1.17 bits per heavy atom. The lowest BCUT2D eigenvalue weighted by molar-refractivity contribution is -0.137. The van der Waals surface area contributed by atoms with Crippen molar-refractivity contribution in [3.63, 3.8) is 0 Å². The van der Waals surface area contributed by atoms with E-state index in [1.165, 1.54) is 10.9 Å². The summed E-state index contributed by atoms with van der Waals surface area (Å²) in [5, 5.41) is 20.4. The number of hydrogen-bond acceptors (Lipinski definition) is 9. The highest BCUT2D eigenvalue weighted by Crippen LogP contribution is 2.27. The summed E-state index contributed by atoms with van der Waals surface area (Å²) >= 11 is 0. The molecule has 0 aliphatic carbocycles. The SMILES string of the molecule is NC(=O)c1nn(CC(=O)N2CC(F)CC2C(=O)Nc2nonc2F)c2ccc(-c3ccnnc3)cc12. The number of anilines is 1. The molecule has 1 saturated heterocycles. The van der Waals surface area contributed by atoms with Crippen LogP contribution >= 0.6 is 0 Å². The molecule has 2 unspecified atom stereocenters. The minimum atomic E-state index is -1.47. The Hall–Kier alpha value is -4.82. The molecule has 2 atom stereocenters. The first-order valence-electron chi connectivity index (χ1n) is 10.6. The smallest absolute Gasteiger partial charge is 0.299 e. The van der Waals surface area contributed by atoms with E-state index in [9.17, 15) is 23.2 Å². The van der Waals surface area contributed by atoms with E-state index in [0.717, 1.165) is 16.0 Å². The van der Waals surface area contributed by atoms with Gasteiger partial charge in [0.25, 0.3) is 11.9 Å². The van der Waals surface area contributed by atoms with Crippen LogP contribution in [0.25, 0.3) is 22.0 Å². The van der Waals surface area contributed by atoms with Crippen molar-refractivity contribution in [2.45, 2.75) is 25.2 Å². The predicted molar refractivity (Wildman–Crippen MR) is 117 cm³/mol. The number of likely N-dealkylation sites (tertiary alicyclic amines) is 1. The summed E-state index contributed by atoms with van der Waals surface area (Å²) in [5.74, 6) is -4.02. The summed E-state index contributed by atoms with van der Waals surface area (Å²) < 4.78 is 33.1. The van der Waals surface area contributed by atoms with Gasteiger partial charge in [-0.2, -0.15) is 19.7 Å². The first-order valence-corrected chi connectivity index (χ1v) is 10.6. The van der Waals surface area contributed by atoms with Crippen LogP contribution in [-0.2, 0) is 16.1 Å². The van der Waals surface area contributed by atoms with Gasteiger partial charge in [-0.1, -0.05) is 6.07 Å². The second-order valence-electron chi connectivity index (χ2n) is 8.02. The molecular formula is C21H17F2N9O4. The molecule has 15 heteroatoms. The molecule has 184 valence electrons. The first-order chi connectivity index (χ1) is 17.3. The minimum absolute atomic E-state index is 0.0604. The Morgan fingerprint density at radius 2 is 2.00 bits per heavy atom. The molecule has 1 fully saturated rings. The van der Waals surface area contributed by atoms with Gasteiger partial charge in [0.2, 0.25) is 17.6 Å². The number of halogens is 2. The molecule has 1 aliphatic rings. The molecule has 3 aromatic heterocycles. The van der Waals surface area contributed by atoms with E-state index in [4.69, 9.17) is 5.73 Å². The second-order valence-corrected chi connectivity index (χ2v) is 8.02. The zero-order valence-electron chi connectivity index (χ0n) is 18.3. The third-order valence-corrected chi connectivity index (χ3v) is 5.75. The van der Waals surface area contributed by atoms with Crippen LogP contribution in [0.1, 0.15) is 16.9 Å². The largest absolute Gasteiger partial charge is 0.364 e. The van der Waals surface area contributed by atoms with Gasteiger partial charge in [0.15, 0.2) is 5.69 Å². The molecule has 4 heterocycles. The summed E-state index contributed by atoms with van der Waals surface area (Å²) in [7, 11) is 0. The van der Waals surface area contributed by atoms with E-state index in [1.807, 2.05) is 0 Å². The van der Waals surface area contributed by atoms with Crippen LogP contribution in [0.5, 0.6) is 0 Å². The summed E-state index contributed by atoms with van der Waals surface area (Å²) in [5.41, 5.74) is 7.33. The third-order valence-electron chi connectivity index (χ3n) is 5.75. The van der Waals surface area contributed by atoms with Crippen molar-refractivity contribution in [3.8, 4) is 11.1 Å². The zero-order chi connectivity index (χ0) is 25.4. The Labute approximate surface area is 200 Å². The van der Waals surface area contributed by atoms with Crippen LogP contribution in [0.2, 0.25) is 0 Å². The van der Waals surface area contributed by atoms with Gasteiger partial charge in [0, 0.05) is 17.4 Å². The third kappa shape index (κ3) is 4.21. The van der Waals surface area contributed by atoms with Crippen LogP contribution in [0, 0.1) is 5.95 Å². The van der Waals surface area contributed by atoms with E-state index < -0.39 is 48.2 Å². The van der Waals surface area contributed by atoms with Gasteiger partial charge in [-0.25, -0.2) is 9.02 Å². The van der Waals surface area contributed by atoms with E-state index in [1.54, 1.807) is 30.5 Å². The topological polar surface area (TPSA) is 175 Å². The molecular weight excluding hydrogens is 480 g/mol. The highest BCUT2D eigenvalue weighted by molar-refractivity contribution is 6.05. The highest BCUT2D eigenvalue weighted by Gasteiger charge is 2.40. The summed E-state index contributed by atoms with van der Waals surface area (Å²) in [6, 6.07) is 5.59. The Bertz CT molecular complexity index is 1470. The molecule has 0 spiro atoms. The van der Waals surface area contributed by atoms with Crippen molar-refractivity contribution in [2.75, 3.05) is 11.9 Å². The number of rotatable bonds is 6. The van der Waals surface area contributed by atoms with Crippen molar-refractivity contribution in [3.05, 3.63) is 48.3 Å². The number of primary amides is 1. The number of nitrogens with one attached hydrogen (secondary N) is 1. The lowest BCUT2D eigenvalue weighted by Crippen LogP contribution is -2.44. The van der Waals surface area contributed by atoms with Crippen LogP contribution in [0.3, 0.4) is 0 Å². The molecule has 0 saturated carbocycles. The molecule has 0 bridgehead atoms. The fourth-order valence-corrected chi connectivity index (χ4v) is 4.10. The van der Waals surface area contributed by atoms with Gasteiger partial charge in [-0.05, 0) is 34.1 Å². The predicted octanol–water partition coefficient (Wildman–Crippen LogP) is 0.692. The number of fused-ring (bicyclic) bond motifs is 1. The quantitative estimate of drug-likeness (QED) is 0.388. The number of aromatic nitrogens is 6. The van der Waals surface area contributed by atoms with E-state index in [-0.39, 0.29) is 18.7 Å². The van der Waals surface area contributed by atoms with Crippen LogP contribution in [-0.4, -0.2) is 71.7 Å². The highest BCUT2D eigenvalue weighted by atomic mass is 19.1. The minimum Gasteiger partial charge on any atom is -0.364 e. The van der Waals surface area contributed by atoms with Gasteiger partial charge in [0.1, 0.15) is 18.8 Å². The molecule has 36 heavy (non-hydrogen) atoms. The average molecular weight is 497 g/mol. The second kappa shape index (κ2) is 9.09. The molecule has 3 amide bonds. The Kier molecular flexibility index (Phi) is 5.79. The molecule has 0 radical (unpaired) electrons. The van der Waals surface area contributed by atoms with Crippen molar-refractivity contribution in [1.29, 1.82) is 0 Å². The molecule has 13 nitrogen and oxygen atoms in total. The summed E-state index contributed by atoms with van der Waals surface area (Å²) in [6.07, 6.45) is 1.30. The zero-order valence-corrected chi connectivity index (χ0v) is 18.3. The number of amides is 3. The van der Waals surface area contributed by atoms with Crippen LogP contribution in [0.4, 0.5) is 14.6 Å². The van der Waals surface area contributed by atoms with Gasteiger partial charge in [-0.3, -0.25) is 19.1 Å². The maximum Gasteiger partial charge on any atom is 0.299 e. The van der Waals surface area contributed by atoms with Crippen molar-refractivity contribution >= 4 is 34.4 Å². The normalized spacial score (nSPS) is 17.4. The van der Waals surface area contributed by atoms with Gasteiger partial charge in [-0.15, -0.1) is 0 Å². The van der Waals surface area contributed by atoms with Crippen molar-refractivity contribution in [1.82, 2.24) is 35.2 Å². The van der Waals surface area contributed by atoms with Gasteiger partial charge < -0.3 is 16.0 Å². The molecule has 5 rings (SSSR count). The number of nitrogens with zero attached hydrogens (tertiary/aromatic N) is 7. The molecule has 3 N–H and O–H groups in total. The molecule has 1 aromatic carbocycles. The van der Waals surface area contributed by atoms with E-state index in [2.05, 4.69) is 35.6 Å². The first kappa shape index (κ1) is 22.9. The number of carbonyl (C=O) groups excluding carboxylic acids is 3. The average Bonchev–Trinajstić information content (AvgIpc) is 3.56. The van der Waals surface area contributed by atoms with Crippen LogP contribution < -0.4 is 11.1 Å². The van der Waals surface area contributed by atoms with Gasteiger partial charge in [0.05, 0.1) is 24.5 Å². The fourth-order valence-electron chi connectivity index (χ4n) is 4.10. The van der Waals surface area contributed by atoms with Crippen molar-refractivity contribution in [2.24, 2.45) is 5.73 Å². The Balaban J connectivity index is 1.42. The maximum absolute atomic E-state index is 14.2. The lowest BCUT2D eigenvalue weighted by Gasteiger charge is -2.23. The number of nitrogens with two attached hydrogens (primary N) is 1. The summed E-state index contributed by atoms with van der Waals surface area (Å²) in [6.45, 7) is -0.756. The Morgan fingerprint density at radius 3 is 2.69 bits per heavy atom. The molecule has 1 aliphatic heterocycles. The lowest BCUT2D eigenvalue weighted by atomic mass is 10.0.